The number of aromatic amines is 1. The number of methoxy groups -OCH3 is 1. The molecule has 5 aromatic rings. The quantitative estimate of drug-likeness (QED) is 0.434. The molecule has 9 nitrogen and oxygen atoms in total. The van der Waals surface area contributed by atoms with Crippen LogP contribution in [0.1, 0.15) is 17.1 Å². The second-order valence-corrected chi connectivity index (χ2v) is 7.53. The van der Waals surface area contributed by atoms with Crippen LogP contribution in [0.2, 0.25) is 0 Å². The van der Waals surface area contributed by atoms with Crippen LogP contribution >= 0.6 is 11.5 Å². The molecule has 0 spiro atoms. The molecule has 2 N–H and O–H groups in total. The number of nitrogens with zero attached hydrogens (tertiary/aromatic N) is 6. The Balaban J connectivity index is 1.41. The van der Waals surface area contributed by atoms with Crippen molar-refractivity contribution in [2.75, 3.05) is 12.4 Å². The fourth-order valence-electron chi connectivity index (χ4n) is 3.19. The zero-order valence-electron chi connectivity index (χ0n) is 16.3. The monoisotopic (exact) mass is 418 g/mol. The molecule has 0 saturated carbocycles. The maximum atomic E-state index is 5.15. The normalized spacial score (nSPS) is 11.1. The average molecular weight is 418 g/mol. The van der Waals surface area contributed by atoms with Crippen molar-refractivity contribution in [2.24, 2.45) is 0 Å². The first-order chi connectivity index (χ1) is 14.7. The number of imidazole rings is 1. The van der Waals surface area contributed by atoms with Gasteiger partial charge in [0.25, 0.3) is 0 Å². The molecule has 5 rings (SSSR count). The fourth-order valence-corrected chi connectivity index (χ4v) is 3.85. The molecule has 0 atom stereocenters. The third-order valence-corrected chi connectivity index (χ3v) is 5.35. The standard InChI is InChI=1S/C20H18N8OS/c1-12-11-28-17(13-7-23-24-8-13)10-22-20(28)19(25-12)26-18-6-15(27-30-18)5-14-3-4-16(29-2)9-21-14/h3-4,6-11H,5H2,1-2H3,(H,23,24)(H,25,26). The molecule has 0 saturated heterocycles. The summed E-state index contributed by atoms with van der Waals surface area (Å²) in [5.41, 5.74) is 5.39. The lowest BCUT2D eigenvalue weighted by Crippen LogP contribution is -2.00. The van der Waals surface area contributed by atoms with Crippen molar-refractivity contribution in [3.63, 3.8) is 0 Å². The second kappa shape index (κ2) is 7.56. The topological polar surface area (TPSA) is 106 Å². The Morgan fingerprint density at radius 3 is 2.87 bits per heavy atom. The SMILES string of the molecule is COc1ccc(Cc2cc(Nc3nc(C)cn4c(-c5cn[nH]c5)cnc34)sn2)nc1. The lowest BCUT2D eigenvalue weighted by molar-refractivity contribution is 0.412. The van der Waals surface area contributed by atoms with E-state index in [9.17, 15) is 0 Å². The predicted molar refractivity (Wildman–Crippen MR) is 114 cm³/mol. The largest absolute Gasteiger partial charge is 0.495 e. The molecular formula is C20H18N8OS. The van der Waals surface area contributed by atoms with Gasteiger partial charge < -0.3 is 10.1 Å². The van der Waals surface area contributed by atoms with Gasteiger partial charge in [-0.2, -0.15) is 9.47 Å². The third kappa shape index (κ3) is 3.48. The summed E-state index contributed by atoms with van der Waals surface area (Å²) in [6.45, 7) is 1.96. The van der Waals surface area contributed by atoms with Gasteiger partial charge in [0.1, 0.15) is 10.8 Å². The van der Waals surface area contributed by atoms with Crippen LogP contribution in [0.3, 0.4) is 0 Å². The molecule has 5 aromatic heterocycles. The van der Waals surface area contributed by atoms with Crippen molar-refractivity contribution in [1.29, 1.82) is 0 Å². The first-order valence-electron chi connectivity index (χ1n) is 9.25. The van der Waals surface area contributed by atoms with Crippen LogP contribution in [0.15, 0.2) is 49.2 Å². The van der Waals surface area contributed by atoms with Gasteiger partial charge in [0.2, 0.25) is 0 Å². The van der Waals surface area contributed by atoms with E-state index in [-0.39, 0.29) is 0 Å². The van der Waals surface area contributed by atoms with Crippen molar-refractivity contribution in [3.8, 4) is 17.0 Å². The van der Waals surface area contributed by atoms with Gasteiger partial charge in [-0.1, -0.05) is 0 Å². The van der Waals surface area contributed by atoms with Crippen molar-refractivity contribution >= 4 is 28.0 Å². The van der Waals surface area contributed by atoms with Crippen LogP contribution in [-0.4, -0.2) is 41.0 Å². The molecule has 0 radical (unpaired) electrons. The van der Waals surface area contributed by atoms with E-state index in [1.165, 1.54) is 11.5 Å². The van der Waals surface area contributed by atoms with E-state index in [1.54, 1.807) is 19.5 Å². The Hall–Kier alpha value is -3.79. The third-order valence-electron chi connectivity index (χ3n) is 4.60. The van der Waals surface area contributed by atoms with Crippen LogP contribution in [0.5, 0.6) is 5.75 Å². The molecule has 0 bridgehead atoms. The van der Waals surface area contributed by atoms with Crippen LogP contribution in [0, 0.1) is 6.92 Å². The smallest absolute Gasteiger partial charge is 0.180 e. The molecule has 0 amide bonds. The number of anilines is 2. The first kappa shape index (κ1) is 18.3. The molecular weight excluding hydrogens is 400 g/mol. The zero-order valence-corrected chi connectivity index (χ0v) is 17.1. The Bertz CT molecular complexity index is 1290. The van der Waals surface area contributed by atoms with E-state index in [0.717, 1.165) is 44.7 Å². The Kier molecular flexibility index (Phi) is 4.60. The van der Waals surface area contributed by atoms with E-state index >= 15 is 0 Å². The predicted octanol–water partition coefficient (Wildman–Crippen LogP) is 3.62. The molecule has 150 valence electrons. The minimum absolute atomic E-state index is 0.646. The van der Waals surface area contributed by atoms with Gasteiger partial charge in [-0.3, -0.25) is 14.5 Å². The highest BCUT2D eigenvalue weighted by molar-refractivity contribution is 7.10. The van der Waals surface area contributed by atoms with E-state index in [1.807, 2.05) is 48.1 Å². The van der Waals surface area contributed by atoms with Crippen LogP contribution in [0.4, 0.5) is 10.8 Å². The van der Waals surface area contributed by atoms with E-state index in [2.05, 4.69) is 34.8 Å². The van der Waals surface area contributed by atoms with Gasteiger partial charge in [0, 0.05) is 30.1 Å². The molecule has 5 heterocycles. The summed E-state index contributed by atoms with van der Waals surface area (Å²) >= 11 is 1.38. The molecule has 0 fully saturated rings. The number of aromatic nitrogens is 7. The average Bonchev–Trinajstić information content (AvgIpc) is 3.49. The number of H-pyrrole nitrogens is 1. The van der Waals surface area contributed by atoms with E-state index in [0.29, 0.717) is 12.2 Å². The number of aryl methyl sites for hydroxylation is 1. The van der Waals surface area contributed by atoms with Crippen molar-refractivity contribution < 1.29 is 4.74 Å². The second-order valence-electron chi connectivity index (χ2n) is 6.73. The zero-order chi connectivity index (χ0) is 20.5. The van der Waals surface area contributed by atoms with Gasteiger partial charge in [-0.25, -0.2) is 9.97 Å². The molecule has 0 aliphatic heterocycles. The van der Waals surface area contributed by atoms with Crippen molar-refractivity contribution in [2.45, 2.75) is 13.3 Å². The first-order valence-corrected chi connectivity index (χ1v) is 10.0. The van der Waals surface area contributed by atoms with Crippen molar-refractivity contribution in [1.82, 2.24) is 33.9 Å². The Morgan fingerprint density at radius 2 is 2.10 bits per heavy atom. The number of hydrogen-bond donors (Lipinski definition) is 2. The Morgan fingerprint density at radius 1 is 1.17 bits per heavy atom. The molecule has 0 unspecified atom stereocenters. The summed E-state index contributed by atoms with van der Waals surface area (Å²) in [6, 6.07) is 5.85. The lowest BCUT2D eigenvalue weighted by atomic mass is 10.2. The maximum Gasteiger partial charge on any atom is 0.180 e. The van der Waals surface area contributed by atoms with Gasteiger partial charge >= 0.3 is 0 Å². The number of hydrogen-bond acceptors (Lipinski definition) is 8. The van der Waals surface area contributed by atoms with E-state index < -0.39 is 0 Å². The molecule has 0 aromatic carbocycles. The molecule has 0 aliphatic carbocycles. The van der Waals surface area contributed by atoms with Gasteiger partial charge in [0.05, 0.1) is 42.8 Å². The Labute approximate surface area is 176 Å². The van der Waals surface area contributed by atoms with Crippen LogP contribution in [-0.2, 0) is 6.42 Å². The minimum atomic E-state index is 0.646. The summed E-state index contributed by atoms with van der Waals surface area (Å²) < 4.78 is 11.7. The highest BCUT2D eigenvalue weighted by Crippen LogP contribution is 2.27. The lowest BCUT2D eigenvalue weighted by Gasteiger charge is -2.07. The fraction of sp³-hybridized carbons (Fsp3) is 0.150. The van der Waals surface area contributed by atoms with Crippen LogP contribution in [0.25, 0.3) is 16.9 Å². The highest BCUT2D eigenvalue weighted by atomic mass is 32.1. The molecule has 30 heavy (non-hydrogen) atoms. The summed E-state index contributed by atoms with van der Waals surface area (Å²) in [5, 5.41) is 11.1. The molecule has 0 aliphatic rings. The summed E-state index contributed by atoms with van der Waals surface area (Å²) in [7, 11) is 1.63. The maximum absolute atomic E-state index is 5.15. The number of fused-ring (bicyclic) bond motifs is 1. The summed E-state index contributed by atoms with van der Waals surface area (Å²) in [4.78, 5) is 13.6. The number of nitrogens with one attached hydrogen (secondary N) is 2. The minimum Gasteiger partial charge on any atom is -0.495 e. The van der Waals surface area contributed by atoms with Gasteiger partial charge in [-0.05, 0) is 36.7 Å². The summed E-state index contributed by atoms with van der Waals surface area (Å²) in [5.74, 6) is 1.42. The number of rotatable bonds is 6. The molecule has 10 heteroatoms. The highest BCUT2D eigenvalue weighted by Gasteiger charge is 2.14. The van der Waals surface area contributed by atoms with Crippen LogP contribution < -0.4 is 10.1 Å². The number of ether oxygens (including phenoxy) is 1. The summed E-state index contributed by atoms with van der Waals surface area (Å²) in [6.07, 6.45) is 9.75. The van der Waals surface area contributed by atoms with Gasteiger partial charge in [0.15, 0.2) is 11.5 Å². The van der Waals surface area contributed by atoms with Crippen molar-refractivity contribution in [3.05, 3.63) is 66.3 Å². The van der Waals surface area contributed by atoms with E-state index in [4.69, 9.17) is 4.74 Å². The van der Waals surface area contributed by atoms with Gasteiger partial charge in [-0.15, -0.1) is 0 Å². The number of pyridine rings is 1.